The number of benzene rings is 3. The number of para-hydroxylation sites is 1. The first kappa shape index (κ1) is 19.0. The van der Waals surface area contributed by atoms with Gasteiger partial charge in [-0.1, -0.05) is 12.1 Å². The van der Waals surface area contributed by atoms with Crippen LogP contribution in [0.4, 0.5) is 14.5 Å². The molecule has 0 spiro atoms. The lowest BCUT2D eigenvalue weighted by Crippen LogP contribution is -2.13. The number of halogens is 2. The topological polar surface area (TPSA) is 64.6 Å². The molecule has 0 aromatic heterocycles. The third-order valence-corrected chi connectivity index (χ3v) is 3.83. The third-order valence-electron chi connectivity index (χ3n) is 3.83. The SMILES string of the molecule is COc1ccccc1C(=O)Nc1ccc(OC(=O)c2ccc(F)c(F)c2)cc1. The van der Waals surface area contributed by atoms with Crippen LogP contribution in [0, 0.1) is 11.6 Å². The molecule has 7 heteroatoms. The van der Waals surface area contributed by atoms with Crippen molar-refractivity contribution in [3.8, 4) is 11.5 Å². The minimum atomic E-state index is -1.14. The Labute approximate surface area is 159 Å². The van der Waals surface area contributed by atoms with E-state index in [9.17, 15) is 18.4 Å². The highest BCUT2D eigenvalue weighted by atomic mass is 19.2. The van der Waals surface area contributed by atoms with Crippen LogP contribution in [0.1, 0.15) is 20.7 Å². The summed E-state index contributed by atoms with van der Waals surface area (Å²) >= 11 is 0. The molecule has 0 fully saturated rings. The number of ether oxygens (including phenoxy) is 2. The van der Waals surface area contributed by atoms with E-state index in [4.69, 9.17) is 9.47 Å². The zero-order chi connectivity index (χ0) is 20.1. The molecule has 5 nitrogen and oxygen atoms in total. The lowest BCUT2D eigenvalue weighted by Gasteiger charge is -2.10. The number of nitrogens with one attached hydrogen (secondary N) is 1. The largest absolute Gasteiger partial charge is 0.496 e. The van der Waals surface area contributed by atoms with Gasteiger partial charge in [0.25, 0.3) is 5.91 Å². The highest BCUT2D eigenvalue weighted by molar-refractivity contribution is 6.06. The summed E-state index contributed by atoms with van der Waals surface area (Å²) in [4.78, 5) is 24.4. The molecule has 3 aromatic carbocycles. The number of amides is 1. The molecular weight excluding hydrogens is 368 g/mol. The van der Waals surface area contributed by atoms with E-state index in [1.165, 1.54) is 19.2 Å². The molecule has 0 unspecified atom stereocenters. The van der Waals surface area contributed by atoms with Crippen LogP contribution < -0.4 is 14.8 Å². The predicted molar refractivity (Wildman–Crippen MR) is 98.7 cm³/mol. The van der Waals surface area contributed by atoms with E-state index in [1.54, 1.807) is 36.4 Å². The molecule has 0 aliphatic rings. The van der Waals surface area contributed by atoms with Crippen LogP contribution in [0.3, 0.4) is 0 Å². The Balaban J connectivity index is 1.67. The molecule has 0 aliphatic carbocycles. The molecular formula is C21H15F2NO4. The highest BCUT2D eigenvalue weighted by Gasteiger charge is 2.13. The van der Waals surface area contributed by atoms with Gasteiger partial charge in [0.1, 0.15) is 11.5 Å². The van der Waals surface area contributed by atoms with E-state index < -0.39 is 17.6 Å². The van der Waals surface area contributed by atoms with Crippen LogP contribution >= 0.6 is 0 Å². The Hall–Kier alpha value is -3.74. The van der Waals surface area contributed by atoms with Gasteiger partial charge in [-0.3, -0.25) is 4.79 Å². The number of methoxy groups -OCH3 is 1. The van der Waals surface area contributed by atoms with Gasteiger partial charge in [0.15, 0.2) is 11.6 Å². The van der Waals surface area contributed by atoms with E-state index in [0.29, 0.717) is 17.0 Å². The molecule has 3 aromatic rings. The molecule has 0 atom stereocenters. The minimum absolute atomic E-state index is 0.118. The number of hydrogen-bond acceptors (Lipinski definition) is 4. The van der Waals surface area contributed by atoms with E-state index >= 15 is 0 Å². The first-order chi connectivity index (χ1) is 13.5. The fourth-order valence-corrected chi connectivity index (χ4v) is 2.43. The van der Waals surface area contributed by atoms with Crippen molar-refractivity contribution in [2.24, 2.45) is 0 Å². The number of hydrogen-bond donors (Lipinski definition) is 1. The van der Waals surface area contributed by atoms with E-state index in [1.807, 2.05) is 0 Å². The average Bonchev–Trinajstić information content (AvgIpc) is 2.71. The molecule has 1 N–H and O–H groups in total. The second kappa shape index (κ2) is 8.30. The number of esters is 1. The van der Waals surface area contributed by atoms with Crippen LogP contribution in [0.5, 0.6) is 11.5 Å². The van der Waals surface area contributed by atoms with Crippen LogP contribution in [-0.2, 0) is 0 Å². The quantitative estimate of drug-likeness (QED) is 0.522. The fourth-order valence-electron chi connectivity index (χ4n) is 2.43. The maximum Gasteiger partial charge on any atom is 0.343 e. The minimum Gasteiger partial charge on any atom is -0.496 e. The summed E-state index contributed by atoms with van der Waals surface area (Å²) in [5.74, 6) is -2.74. The van der Waals surface area contributed by atoms with Crippen molar-refractivity contribution in [1.82, 2.24) is 0 Å². The lowest BCUT2D eigenvalue weighted by molar-refractivity contribution is 0.0733. The maximum absolute atomic E-state index is 13.2. The first-order valence-corrected chi connectivity index (χ1v) is 8.19. The van der Waals surface area contributed by atoms with E-state index in [-0.39, 0.29) is 17.2 Å². The molecule has 28 heavy (non-hydrogen) atoms. The molecule has 0 aliphatic heterocycles. The average molecular weight is 383 g/mol. The molecule has 0 bridgehead atoms. The fraction of sp³-hybridized carbons (Fsp3) is 0.0476. The summed E-state index contributed by atoms with van der Waals surface area (Å²) in [5.41, 5.74) is 0.731. The zero-order valence-corrected chi connectivity index (χ0v) is 14.7. The van der Waals surface area contributed by atoms with Crippen molar-refractivity contribution in [1.29, 1.82) is 0 Å². The second-order valence-corrected chi connectivity index (χ2v) is 5.70. The van der Waals surface area contributed by atoms with Gasteiger partial charge >= 0.3 is 5.97 Å². The van der Waals surface area contributed by atoms with Gasteiger partial charge in [0.2, 0.25) is 0 Å². The van der Waals surface area contributed by atoms with Gasteiger partial charge in [-0.05, 0) is 54.6 Å². The molecule has 0 saturated heterocycles. The molecule has 0 heterocycles. The smallest absolute Gasteiger partial charge is 0.343 e. The van der Waals surface area contributed by atoms with Crippen molar-refractivity contribution >= 4 is 17.6 Å². The van der Waals surface area contributed by atoms with Crippen molar-refractivity contribution < 1.29 is 27.8 Å². The Kier molecular flexibility index (Phi) is 5.64. The highest BCUT2D eigenvalue weighted by Crippen LogP contribution is 2.21. The summed E-state index contributed by atoms with van der Waals surface area (Å²) in [6.45, 7) is 0. The molecule has 142 valence electrons. The lowest BCUT2D eigenvalue weighted by atomic mass is 10.2. The predicted octanol–water partition coefficient (Wildman–Crippen LogP) is 4.44. The summed E-state index contributed by atoms with van der Waals surface area (Å²) in [6, 6.07) is 15.5. The van der Waals surface area contributed by atoms with Gasteiger partial charge in [-0.25, -0.2) is 13.6 Å². The van der Waals surface area contributed by atoms with Crippen LogP contribution in [-0.4, -0.2) is 19.0 Å². The summed E-state index contributed by atoms with van der Waals surface area (Å²) in [6.07, 6.45) is 0. The Morgan fingerprint density at radius 1 is 0.893 bits per heavy atom. The summed E-state index contributed by atoms with van der Waals surface area (Å²) < 4.78 is 36.4. The van der Waals surface area contributed by atoms with E-state index in [2.05, 4.69) is 5.32 Å². The van der Waals surface area contributed by atoms with Crippen molar-refractivity contribution in [2.75, 3.05) is 12.4 Å². The van der Waals surface area contributed by atoms with Gasteiger partial charge in [0.05, 0.1) is 18.2 Å². The maximum atomic E-state index is 13.2. The standard InChI is InChI=1S/C21H15F2NO4/c1-27-19-5-3-2-4-16(19)20(25)24-14-7-9-15(10-8-14)28-21(26)13-6-11-17(22)18(23)12-13/h2-12H,1H3,(H,24,25). The molecule has 0 radical (unpaired) electrons. The van der Waals surface area contributed by atoms with Crippen molar-refractivity contribution in [3.05, 3.63) is 89.5 Å². The van der Waals surface area contributed by atoms with Crippen molar-refractivity contribution in [2.45, 2.75) is 0 Å². The first-order valence-electron chi connectivity index (χ1n) is 8.19. The Morgan fingerprint density at radius 2 is 1.61 bits per heavy atom. The summed E-state index contributed by atoms with van der Waals surface area (Å²) in [7, 11) is 1.47. The van der Waals surface area contributed by atoms with Gasteiger partial charge in [-0.15, -0.1) is 0 Å². The van der Waals surface area contributed by atoms with Crippen LogP contribution in [0.2, 0.25) is 0 Å². The van der Waals surface area contributed by atoms with Crippen LogP contribution in [0.25, 0.3) is 0 Å². The Morgan fingerprint density at radius 3 is 2.29 bits per heavy atom. The van der Waals surface area contributed by atoms with E-state index in [0.717, 1.165) is 18.2 Å². The molecule has 0 saturated carbocycles. The van der Waals surface area contributed by atoms with Gasteiger partial charge < -0.3 is 14.8 Å². The number of rotatable bonds is 5. The van der Waals surface area contributed by atoms with Crippen LogP contribution in [0.15, 0.2) is 66.7 Å². The summed E-state index contributed by atoms with van der Waals surface area (Å²) in [5, 5.41) is 2.71. The molecule has 3 rings (SSSR count). The number of carbonyl (C=O) groups excluding carboxylic acids is 2. The molecule has 1 amide bonds. The third kappa shape index (κ3) is 4.32. The normalized spacial score (nSPS) is 10.2. The van der Waals surface area contributed by atoms with Gasteiger partial charge in [0, 0.05) is 5.69 Å². The Bertz CT molecular complexity index is 1020. The zero-order valence-electron chi connectivity index (χ0n) is 14.7. The van der Waals surface area contributed by atoms with Crippen molar-refractivity contribution in [3.63, 3.8) is 0 Å². The number of carbonyl (C=O) groups is 2. The van der Waals surface area contributed by atoms with Gasteiger partial charge in [-0.2, -0.15) is 0 Å². The second-order valence-electron chi connectivity index (χ2n) is 5.70. The monoisotopic (exact) mass is 383 g/mol. The number of anilines is 1.